The fourth-order valence-electron chi connectivity index (χ4n) is 3.58. The molecule has 0 unspecified atom stereocenters. The summed E-state index contributed by atoms with van der Waals surface area (Å²) >= 11 is 0. The van der Waals surface area contributed by atoms with Gasteiger partial charge in [-0.1, -0.05) is 0 Å². The minimum atomic E-state index is -0.230. The third-order valence-corrected chi connectivity index (χ3v) is 4.92. The topological polar surface area (TPSA) is 65.2 Å². The number of pyridine rings is 1. The number of amides is 1. The Morgan fingerprint density at radius 3 is 2.90 bits per heavy atom. The number of carbonyl (C=O) groups is 1. The predicted molar refractivity (Wildman–Crippen MR) is 82.5 cm³/mol. The van der Waals surface area contributed by atoms with E-state index in [9.17, 15) is 9.59 Å². The maximum absolute atomic E-state index is 12.0. The Morgan fingerprint density at radius 1 is 1.43 bits per heavy atom. The van der Waals surface area contributed by atoms with E-state index in [-0.39, 0.29) is 11.5 Å². The van der Waals surface area contributed by atoms with Crippen molar-refractivity contribution in [1.29, 1.82) is 0 Å². The lowest BCUT2D eigenvalue weighted by Gasteiger charge is -2.26. The van der Waals surface area contributed by atoms with Crippen LogP contribution in [0.15, 0.2) is 10.9 Å². The van der Waals surface area contributed by atoms with Crippen LogP contribution in [0, 0.1) is 19.8 Å². The number of carbonyl (C=O) groups excluding carboxylic acids is 1. The van der Waals surface area contributed by atoms with Gasteiger partial charge < -0.3 is 10.3 Å². The van der Waals surface area contributed by atoms with E-state index in [4.69, 9.17) is 0 Å². The number of aromatic amines is 1. The average Bonchev–Trinajstić information content (AvgIpc) is 3.05. The molecule has 114 valence electrons. The van der Waals surface area contributed by atoms with Crippen molar-refractivity contribution < 1.29 is 4.79 Å². The molecule has 1 aliphatic carbocycles. The Bertz CT molecular complexity index is 608. The number of H-pyrrole nitrogens is 1. The molecule has 2 atom stereocenters. The van der Waals surface area contributed by atoms with Crippen LogP contribution in [0.4, 0.5) is 5.69 Å². The Hall–Kier alpha value is -1.62. The third-order valence-electron chi connectivity index (χ3n) is 4.92. The van der Waals surface area contributed by atoms with Crippen molar-refractivity contribution in [3.8, 4) is 0 Å². The fraction of sp³-hybridized carbons (Fsp3) is 0.625. The van der Waals surface area contributed by atoms with Crippen molar-refractivity contribution in [2.75, 3.05) is 18.4 Å². The van der Waals surface area contributed by atoms with Crippen LogP contribution in [-0.2, 0) is 4.79 Å². The van der Waals surface area contributed by atoms with Crippen LogP contribution in [0.2, 0.25) is 0 Å². The first-order chi connectivity index (χ1) is 10.0. The summed E-state index contributed by atoms with van der Waals surface area (Å²) < 4.78 is 0. The van der Waals surface area contributed by atoms with E-state index in [1.807, 2.05) is 13.8 Å². The van der Waals surface area contributed by atoms with Gasteiger partial charge in [0.15, 0.2) is 0 Å². The Balaban J connectivity index is 1.55. The second-order valence-corrected chi connectivity index (χ2v) is 6.45. The highest BCUT2D eigenvalue weighted by Crippen LogP contribution is 2.37. The molecule has 2 bridgehead atoms. The second-order valence-electron chi connectivity index (χ2n) is 6.45. The Morgan fingerprint density at radius 2 is 2.24 bits per heavy atom. The van der Waals surface area contributed by atoms with Crippen molar-refractivity contribution >= 4 is 11.6 Å². The first-order valence-electron chi connectivity index (χ1n) is 7.77. The van der Waals surface area contributed by atoms with Gasteiger partial charge in [-0.3, -0.25) is 14.5 Å². The molecule has 5 nitrogen and oxygen atoms in total. The van der Waals surface area contributed by atoms with Crippen LogP contribution in [0.5, 0.6) is 0 Å². The summed E-state index contributed by atoms with van der Waals surface area (Å²) in [7, 11) is 0. The Kier molecular flexibility index (Phi) is 3.85. The molecule has 1 saturated carbocycles. The van der Waals surface area contributed by atoms with Crippen molar-refractivity contribution in [2.24, 2.45) is 5.92 Å². The summed E-state index contributed by atoms with van der Waals surface area (Å²) in [6.45, 7) is 5.71. The summed E-state index contributed by atoms with van der Waals surface area (Å²) in [5.41, 5.74) is 1.94. The molecule has 1 aromatic heterocycles. The highest BCUT2D eigenvalue weighted by Gasteiger charge is 2.37. The van der Waals surface area contributed by atoms with E-state index in [1.54, 1.807) is 6.07 Å². The van der Waals surface area contributed by atoms with Gasteiger partial charge in [0.05, 0.1) is 0 Å². The summed E-state index contributed by atoms with van der Waals surface area (Å²) in [4.78, 5) is 29.0. The van der Waals surface area contributed by atoms with Gasteiger partial charge in [0.25, 0.3) is 5.56 Å². The number of hydrogen-bond donors (Lipinski definition) is 2. The number of aromatic nitrogens is 1. The first kappa shape index (κ1) is 14.3. The van der Waals surface area contributed by atoms with Crippen LogP contribution in [0.25, 0.3) is 0 Å². The number of hydrogen-bond acceptors (Lipinski definition) is 3. The molecule has 3 rings (SSSR count). The minimum Gasteiger partial charge on any atom is -0.324 e. The number of aryl methyl sites for hydroxylation is 2. The average molecular weight is 289 g/mol. The predicted octanol–water partition coefficient (Wildman–Crippen LogP) is 1.80. The molecule has 0 radical (unpaired) electrons. The highest BCUT2D eigenvalue weighted by atomic mass is 16.2. The Labute approximate surface area is 124 Å². The van der Waals surface area contributed by atoms with Gasteiger partial charge in [0, 0.05) is 31.2 Å². The van der Waals surface area contributed by atoms with Crippen molar-refractivity contribution in [2.45, 2.75) is 45.6 Å². The molecule has 1 aromatic rings. The zero-order valence-corrected chi connectivity index (χ0v) is 12.7. The maximum atomic E-state index is 12.0. The molecule has 2 N–H and O–H groups in total. The summed E-state index contributed by atoms with van der Waals surface area (Å²) in [6.07, 6.45) is 4.39. The molecule has 2 fully saturated rings. The molecule has 1 amide bonds. The van der Waals surface area contributed by atoms with Gasteiger partial charge in [-0.15, -0.1) is 0 Å². The van der Waals surface area contributed by atoms with E-state index in [1.165, 1.54) is 19.3 Å². The SMILES string of the molecule is Cc1cc(NC(=O)CCN2C[C@@H]3CC[C@H]2C3)c(=O)[nH]c1C. The normalized spacial score (nSPS) is 24.5. The number of piperidine rings is 1. The lowest BCUT2D eigenvalue weighted by Crippen LogP contribution is -2.34. The summed E-state index contributed by atoms with van der Waals surface area (Å²) in [6, 6.07) is 2.43. The molecule has 1 aliphatic heterocycles. The molecule has 2 aliphatic rings. The molecular weight excluding hydrogens is 266 g/mol. The maximum Gasteiger partial charge on any atom is 0.271 e. The molecule has 5 heteroatoms. The number of fused-ring (bicyclic) bond motifs is 2. The third kappa shape index (κ3) is 3.02. The zero-order chi connectivity index (χ0) is 15.0. The quantitative estimate of drug-likeness (QED) is 0.888. The second kappa shape index (κ2) is 5.64. The van der Waals surface area contributed by atoms with Crippen LogP contribution in [0.3, 0.4) is 0 Å². The van der Waals surface area contributed by atoms with Crippen LogP contribution < -0.4 is 10.9 Å². The first-order valence-corrected chi connectivity index (χ1v) is 7.77. The standard InChI is InChI=1S/C16H23N3O2/c1-10-7-14(16(21)17-11(10)2)18-15(20)5-6-19-9-12-3-4-13(19)8-12/h7,12-13H,3-6,8-9H2,1-2H3,(H,17,21)(H,18,20)/t12-,13+/m1/s1. The molecule has 0 spiro atoms. The van der Waals surface area contributed by atoms with E-state index in [0.717, 1.165) is 30.3 Å². The summed E-state index contributed by atoms with van der Waals surface area (Å²) in [5.74, 6) is 0.771. The van der Waals surface area contributed by atoms with Gasteiger partial charge in [0.1, 0.15) is 5.69 Å². The van der Waals surface area contributed by atoms with Crippen molar-refractivity contribution in [3.63, 3.8) is 0 Å². The van der Waals surface area contributed by atoms with Gasteiger partial charge in [-0.2, -0.15) is 0 Å². The molecule has 0 aromatic carbocycles. The number of nitrogens with one attached hydrogen (secondary N) is 2. The van der Waals surface area contributed by atoms with Crippen molar-refractivity contribution in [3.05, 3.63) is 27.7 Å². The molecular formula is C16H23N3O2. The van der Waals surface area contributed by atoms with Crippen molar-refractivity contribution in [1.82, 2.24) is 9.88 Å². The van der Waals surface area contributed by atoms with Gasteiger partial charge in [-0.05, 0) is 50.7 Å². The van der Waals surface area contributed by atoms with E-state index < -0.39 is 0 Å². The summed E-state index contributed by atoms with van der Waals surface area (Å²) in [5, 5.41) is 2.74. The van der Waals surface area contributed by atoms with Gasteiger partial charge in [0.2, 0.25) is 5.91 Å². The van der Waals surface area contributed by atoms with Crippen LogP contribution >= 0.6 is 0 Å². The van der Waals surface area contributed by atoms with E-state index >= 15 is 0 Å². The smallest absolute Gasteiger partial charge is 0.271 e. The zero-order valence-electron chi connectivity index (χ0n) is 12.7. The number of anilines is 1. The van der Waals surface area contributed by atoms with E-state index in [0.29, 0.717) is 18.2 Å². The number of rotatable bonds is 4. The lowest BCUT2D eigenvalue weighted by molar-refractivity contribution is -0.116. The molecule has 2 heterocycles. The molecule has 21 heavy (non-hydrogen) atoms. The lowest BCUT2D eigenvalue weighted by atomic mass is 10.1. The van der Waals surface area contributed by atoms with Gasteiger partial charge in [-0.25, -0.2) is 0 Å². The van der Waals surface area contributed by atoms with E-state index in [2.05, 4.69) is 15.2 Å². The largest absolute Gasteiger partial charge is 0.324 e. The van der Waals surface area contributed by atoms with Crippen LogP contribution in [0.1, 0.15) is 36.9 Å². The highest BCUT2D eigenvalue weighted by molar-refractivity contribution is 5.90. The number of nitrogens with zero attached hydrogens (tertiary/aromatic N) is 1. The van der Waals surface area contributed by atoms with Crippen LogP contribution in [-0.4, -0.2) is 34.9 Å². The fourth-order valence-corrected chi connectivity index (χ4v) is 3.58. The monoisotopic (exact) mass is 289 g/mol. The minimum absolute atomic E-state index is 0.0773. The van der Waals surface area contributed by atoms with Gasteiger partial charge >= 0.3 is 0 Å². The molecule has 1 saturated heterocycles. The number of likely N-dealkylation sites (tertiary alicyclic amines) is 1.